The number of nitrogens with one attached hydrogen (secondary N) is 2. The van der Waals surface area contributed by atoms with Crippen LogP contribution in [0.5, 0.6) is 0 Å². The van der Waals surface area contributed by atoms with Gasteiger partial charge >= 0.3 is 6.18 Å². The Morgan fingerprint density at radius 1 is 1.29 bits per heavy atom. The van der Waals surface area contributed by atoms with Crippen LogP contribution in [0, 0.1) is 0 Å². The Kier molecular flexibility index (Phi) is 3.73. The van der Waals surface area contributed by atoms with Crippen LogP contribution in [0.4, 0.5) is 13.2 Å². The molecular formula is C11H16F3N3. The molecule has 0 aliphatic carbocycles. The number of H-pyrrole nitrogens is 1. The standard InChI is InChI=1S/C11H16F3N3/c12-11(13,14)8-10(9-2-1-3-16-9)17-6-4-15-5-7-17/h1-3,10,15-16H,4-8H2/t10-/m1/s1. The molecule has 2 rings (SSSR count). The van der Waals surface area contributed by atoms with Gasteiger partial charge in [0.15, 0.2) is 0 Å². The summed E-state index contributed by atoms with van der Waals surface area (Å²) in [6.45, 7) is 2.80. The van der Waals surface area contributed by atoms with E-state index in [1.165, 1.54) is 0 Å². The number of hydrogen-bond donors (Lipinski definition) is 2. The first kappa shape index (κ1) is 12.4. The smallest absolute Gasteiger partial charge is 0.364 e. The molecule has 0 spiro atoms. The molecule has 2 heterocycles. The van der Waals surface area contributed by atoms with Crippen LogP contribution in [0.25, 0.3) is 0 Å². The first-order valence-corrected chi connectivity index (χ1v) is 5.71. The van der Waals surface area contributed by atoms with E-state index in [1.54, 1.807) is 18.3 Å². The van der Waals surface area contributed by atoms with E-state index in [9.17, 15) is 13.2 Å². The van der Waals surface area contributed by atoms with E-state index >= 15 is 0 Å². The molecule has 6 heteroatoms. The number of aromatic amines is 1. The normalized spacial score (nSPS) is 20.4. The van der Waals surface area contributed by atoms with Crippen molar-refractivity contribution in [3.8, 4) is 0 Å². The van der Waals surface area contributed by atoms with Crippen molar-refractivity contribution < 1.29 is 13.2 Å². The highest BCUT2D eigenvalue weighted by Crippen LogP contribution is 2.33. The second-order valence-electron chi connectivity index (χ2n) is 4.25. The van der Waals surface area contributed by atoms with Gasteiger partial charge < -0.3 is 10.3 Å². The predicted octanol–water partition coefficient (Wildman–Crippen LogP) is 1.91. The summed E-state index contributed by atoms with van der Waals surface area (Å²) in [5.74, 6) is 0. The van der Waals surface area contributed by atoms with Crippen molar-refractivity contribution in [3.63, 3.8) is 0 Å². The minimum Gasteiger partial charge on any atom is -0.364 e. The van der Waals surface area contributed by atoms with Gasteiger partial charge in [0.2, 0.25) is 0 Å². The van der Waals surface area contributed by atoms with Crippen LogP contribution in [0.3, 0.4) is 0 Å². The molecule has 1 atom stereocenters. The zero-order chi connectivity index (χ0) is 12.3. The average molecular weight is 247 g/mol. The van der Waals surface area contributed by atoms with E-state index in [1.807, 2.05) is 4.90 Å². The van der Waals surface area contributed by atoms with E-state index in [0.717, 1.165) is 13.1 Å². The fourth-order valence-electron chi connectivity index (χ4n) is 2.20. The van der Waals surface area contributed by atoms with Crippen LogP contribution in [0.2, 0.25) is 0 Å². The summed E-state index contributed by atoms with van der Waals surface area (Å²) in [6, 6.07) is 2.87. The molecular weight excluding hydrogens is 231 g/mol. The Balaban J connectivity index is 2.12. The van der Waals surface area contributed by atoms with Gasteiger partial charge in [-0.2, -0.15) is 13.2 Å². The van der Waals surface area contributed by atoms with Gasteiger partial charge in [0.1, 0.15) is 0 Å². The van der Waals surface area contributed by atoms with Crippen molar-refractivity contribution in [1.29, 1.82) is 0 Å². The Labute approximate surface area is 98.0 Å². The van der Waals surface area contributed by atoms with E-state index < -0.39 is 18.6 Å². The highest BCUT2D eigenvalue weighted by Gasteiger charge is 2.36. The van der Waals surface area contributed by atoms with Gasteiger partial charge in [0.05, 0.1) is 12.5 Å². The maximum Gasteiger partial charge on any atom is 0.391 e. The summed E-state index contributed by atoms with van der Waals surface area (Å²) in [6.07, 6.45) is -3.27. The molecule has 17 heavy (non-hydrogen) atoms. The zero-order valence-electron chi connectivity index (χ0n) is 9.43. The third kappa shape index (κ3) is 3.47. The third-order valence-corrected chi connectivity index (χ3v) is 3.00. The molecule has 1 aliphatic heterocycles. The van der Waals surface area contributed by atoms with Crippen molar-refractivity contribution in [3.05, 3.63) is 24.0 Å². The van der Waals surface area contributed by atoms with E-state index in [4.69, 9.17) is 0 Å². The molecule has 1 saturated heterocycles. The second kappa shape index (κ2) is 5.10. The van der Waals surface area contributed by atoms with Crippen LogP contribution < -0.4 is 5.32 Å². The number of nitrogens with zero attached hydrogens (tertiary/aromatic N) is 1. The molecule has 96 valence electrons. The van der Waals surface area contributed by atoms with Gasteiger partial charge in [-0.3, -0.25) is 4.90 Å². The first-order valence-electron chi connectivity index (χ1n) is 5.71. The molecule has 1 aromatic heterocycles. The van der Waals surface area contributed by atoms with E-state index in [2.05, 4.69) is 10.3 Å². The van der Waals surface area contributed by atoms with Gasteiger partial charge in [-0.1, -0.05) is 0 Å². The van der Waals surface area contributed by atoms with Crippen LogP contribution in [0.1, 0.15) is 18.2 Å². The van der Waals surface area contributed by atoms with E-state index in [0.29, 0.717) is 18.8 Å². The summed E-state index contributed by atoms with van der Waals surface area (Å²) in [7, 11) is 0. The third-order valence-electron chi connectivity index (χ3n) is 3.00. The molecule has 1 aliphatic rings. The van der Waals surface area contributed by atoms with Crippen LogP contribution in [-0.2, 0) is 0 Å². The summed E-state index contributed by atoms with van der Waals surface area (Å²) in [4.78, 5) is 4.78. The number of piperazine rings is 1. The van der Waals surface area contributed by atoms with Crippen molar-refractivity contribution in [1.82, 2.24) is 15.2 Å². The summed E-state index contributed by atoms with van der Waals surface area (Å²) in [5.41, 5.74) is 0.643. The van der Waals surface area contributed by atoms with Gasteiger partial charge in [0, 0.05) is 38.1 Å². The SMILES string of the molecule is FC(F)(F)C[C@H](c1ccc[nH]1)N1CCNCC1. The van der Waals surface area contributed by atoms with Gasteiger partial charge in [0.25, 0.3) is 0 Å². The molecule has 2 N–H and O–H groups in total. The van der Waals surface area contributed by atoms with Crippen molar-refractivity contribution in [2.24, 2.45) is 0 Å². The highest BCUT2D eigenvalue weighted by molar-refractivity contribution is 5.10. The second-order valence-corrected chi connectivity index (χ2v) is 4.25. The zero-order valence-corrected chi connectivity index (χ0v) is 9.43. The largest absolute Gasteiger partial charge is 0.391 e. The van der Waals surface area contributed by atoms with Crippen molar-refractivity contribution in [2.45, 2.75) is 18.6 Å². The molecule has 1 fully saturated rings. The quantitative estimate of drug-likeness (QED) is 0.855. The molecule has 1 aromatic rings. The van der Waals surface area contributed by atoms with Gasteiger partial charge in [-0.15, -0.1) is 0 Å². The summed E-state index contributed by atoms with van der Waals surface area (Å²) < 4.78 is 37.8. The number of alkyl halides is 3. The van der Waals surface area contributed by atoms with Crippen molar-refractivity contribution >= 4 is 0 Å². The first-order chi connectivity index (χ1) is 8.06. The fourth-order valence-corrected chi connectivity index (χ4v) is 2.20. The number of rotatable bonds is 3. The monoisotopic (exact) mass is 247 g/mol. The van der Waals surface area contributed by atoms with Crippen LogP contribution in [-0.4, -0.2) is 42.2 Å². The Morgan fingerprint density at radius 3 is 2.53 bits per heavy atom. The topological polar surface area (TPSA) is 31.1 Å². The predicted molar refractivity (Wildman–Crippen MR) is 58.6 cm³/mol. The summed E-state index contributed by atoms with van der Waals surface area (Å²) in [5, 5.41) is 3.14. The lowest BCUT2D eigenvalue weighted by Gasteiger charge is -2.34. The molecule has 3 nitrogen and oxygen atoms in total. The Morgan fingerprint density at radius 2 is 2.00 bits per heavy atom. The fraction of sp³-hybridized carbons (Fsp3) is 0.636. The lowest BCUT2D eigenvalue weighted by Crippen LogP contribution is -2.46. The van der Waals surface area contributed by atoms with Gasteiger partial charge in [-0.25, -0.2) is 0 Å². The molecule has 0 unspecified atom stereocenters. The van der Waals surface area contributed by atoms with E-state index in [-0.39, 0.29) is 0 Å². The maximum atomic E-state index is 12.6. The molecule has 0 amide bonds. The summed E-state index contributed by atoms with van der Waals surface area (Å²) >= 11 is 0. The highest BCUT2D eigenvalue weighted by atomic mass is 19.4. The van der Waals surface area contributed by atoms with Crippen LogP contribution in [0.15, 0.2) is 18.3 Å². The Hall–Kier alpha value is -1.01. The minimum absolute atomic E-state index is 0.591. The number of aromatic nitrogens is 1. The van der Waals surface area contributed by atoms with Gasteiger partial charge in [-0.05, 0) is 12.1 Å². The Bertz CT molecular complexity index is 328. The lowest BCUT2D eigenvalue weighted by molar-refractivity contribution is -0.149. The molecule has 0 radical (unpaired) electrons. The van der Waals surface area contributed by atoms with Crippen LogP contribution >= 0.6 is 0 Å². The maximum absolute atomic E-state index is 12.6. The average Bonchev–Trinajstić information content (AvgIpc) is 2.79. The molecule has 0 saturated carbocycles. The number of hydrogen-bond acceptors (Lipinski definition) is 2. The van der Waals surface area contributed by atoms with Crippen molar-refractivity contribution in [2.75, 3.05) is 26.2 Å². The number of halogens is 3. The molecule has 0 aromatic carbocycles. The minimum atomic E-state index is -4.14. The molecule has 0 bridgehead atoms. The lowest BCUT2D eigenvalue weighted by atomic mass is 10.1.